The van der Waals surface area contributed by atoms with Crippen molar-refractivity contribution in [2.75, 3.05) is 30.4 Å². The zero-order valence-electron chi connectivity index (χ0n) is 9.08. The standard InChI is InChI=1S/C6H12N6O2.CH2O/c1-3-14-12(13-2)6-10-4(7)9-5(8)11-6;1-2/h3H2,1-2H3,(H4,7,8,9,10,11);1H2. The summed E-state index contributed by atoms with van der Waals surface area (Å²) < 4.78 is 0. The predicted molar refractivity (Wildman–Crippen MR) is 56.9 cm³/mol. The molecule has 0 aliphatic heterocycles. The molecule has 0 aliphatic carbocycles. The van der Waals surface area contributed by atoms with Gasteiger partial charge in [0.15, 0.2) is 0 Å². The van der Waals surface area contributed by atoms with Gasteiger partial charge in [-0.2, -0.15) is 15.0 Å². The van der Waals surface area contributed by atoms with Gasteiger partial charge in [-0.05, 0) is 6.92 Å². The van der Waals surface area contributed by atoms with Crippen molar-refractivity contribution in [3.8, 4) is 0 Å². The molecule has 0 unspecified atom stereocenters. The van der Waals surface area contributed by atoms with Gasteiger partial charge in [-0.1, -0.05) is 5.23 Å². The first kappa shape index (κ1) is 14.0. The number of nitrogens with zero attached hydrogens (tertiary/aromatic N) is 4. The maximum absolute atomic E-state index is 8.00. The summed E-state index contributed by atoms with van der Waals surface area (Å²) in [5.74, 6) is 0.128. The van der Waals surface area contributed by atoms with Crippen molar-refractivity contribution in [1.82, 2.24) is 15.0 Å². The SMILES string of the molecule is C=O.CCON(OC)c1nc(N)nc(N)n1. The monoisotopic (exact) mass is 230 g/mol. The Morgan fingerprint density at radius 2 is 1.75 bits per heavy atom. The van der Waals surface area contributed by atoms with Crippen LogP contribution in [0.15, 0.2) is 0 Å². The lowest BCUT2D eigenvalue weighted by atomic mass is 10.8. The summed E-state index contributed by atoms with van der Waals surface area (Å²) in [6, 6.07) is 0. The molecule has 9 heteroatoms. The second-order valence-electron chi connectivity index (χ2n) is 2.21. The molecule has 1 heterocycles. The van der Waals surface area contributed by atoms with E-state index in [1.54, 1.807) is 6.92 Å². The Balaban J connectivity index is 0.00000106. The first-order valence-electron chi connectivity index (χ1n) is 4.20. The molecule has 4 N–H and O–H groups in total. The van der Waals surface area contributed by atoms with Crippen LogP contribution in [0.5, 0.6) is 0 Å². The van der Waals surface area contributed by atoms with Crippen LogP contribution >= 0.6 is 0 Å². The molecule has 0 spiro atoms. The first-order valence-corrected chi connectivity index (χ1v) is 4.20. The van der Waals surface area contributed by atoms with Gasteiger partial charge >= 0.3 is 0 Å². The second kappa shape index (κ2) is 7.31. The lowest BCUT2D eigenvalue weighted by Gasteiger charge is -2.16. The first-order chi connectivity index (χ1) is 7.67. The molecule has 0 saturated heterocycles. The van der Waals surface area contributed by atoms with E-state index in [2.05, 4.69) is 15.0 Å². The molecule has 0 fully saturated rings. The molecule has 9 nitrogen and oxygen atoms in total. The van der Waals surface area contributed by atoms with Gasteiger partial charge < -0.3 is 16.3 Å². The number of carbonyl (C=O) groups excluding carboxylic acids is 1. The Morgan fingerprint density at radius 3 is 2.12 bits per heavy atom. The van der Waals surface area contributed by atoms with Crippen LogP contribution < -0.4 is 16.7 Å². The number of hydrogen-bond donors (Lipinski definition) is 2. The van der Waals surface area contributed by atoms with Gasteiger partial charge in [0.05, 0.1) is 13.7 Å². The largest absolute Gasteiger partial charge is 0.368 e. The van der Waals surface area contributed by atoms with Gasteiger partial charge in [0.1, 0.15) is 6.79 Å². The fourth-order valence-electron chi connectivity index (χ4n) is 0.788. The van der Waals surface area contributed by atoms with E-state index in [9.17, 15) is 0 Å². The van der Waals surface area contributed by atoms with Crippen LogP contribution in [0, 0.1) is 0 Å². The number of nitrogen functional groups attached to an aromatic ring is 2. The van der Waals surface area contributed by atoms with Crippen LogP contribution in [0.4, 0.5) is 17.8 Å². The Labute approximate surface area is 92.3 Å². The minimum Gasteiger partial charge on any atom is -0.368 e. The number of rotatable bonds is 4. The van der Waals surface area contributed by atoms with Crippen molar-refractivity contribution in [2.45, 2.75) is 6.92 Å². The minimum absolute atomic E-state index is 0.00857. The van der Waals surface area contributed by atoms with Gasteiger partial charge in [0, 0.05) is 0 Å². The van der Waals surface area contributed by atoms with Crippen LogP contribution in [0.3, 0.4) is 0 Å². The van der Waals surface area contributed by atoms with Crippen LogP contribution in [0.1, 0.15) is 6.92 Å². The molecule has 1 rings (SSSR count). The normalized spacial score (nSPS) is 9.12. The van der Waals surface area contributed by atoms with E-state index in [1.807, 2.05) is 6.79 Å². The molecule has 1 aromatic heterocycles. The smallest absolute Gasteiger partial charge is 0.284 e. The van der Waals surface area contributed by atoms with Crippen molar-refractivity contribution < 1.29 is 14.5 Å². The average molecular weight is 230 g/mol. The fourth-order valence-corrected chi connectivity index (χ4v) is 0.788. The van der Waals surface area contributed by atoms with E-state index >= 15 is 0 Å². The molecule has 90 valence electrons. The van der Waals surface area contributed by atoms with E-state index in [1.165, 1.54) is 7.11 Å². The van der Waals surface area contributed by atoms with Gasteiger partial charge in [0.2, 0.25) is 11.9 Å². The van der Waals surface area contributed by atoms with Crippen molar-refractivity contribution in [3.05, 3.63) is 0 Å². The number of nitrogens with two attached hydrogens (primary N) is 2. The Hall–Kier alpha value is -2.00. The third kappa shape index (κ3) is 4.02. The molecule has 0 saturated carbocycles. The summed E-state index contributed by atoms with van der Waals surface area (Å²) in [6.45, 7) is 4.19. The molecule has 0 aromatic carbocycles. The highest BCUT2D eigenvalue weighted by Crippen LogP contribution is 2.10. The van der Waals surface area contributed by atoms with Crippen LogP contribution in [-0.4, -0.2) is 35.5 Å². The summed E-state index contributed by atoms with van der Waals surface area (Å²) in [7, 11) is 1.41. The third-order valence-corrected chi connectivity index (χ3v) is 1.23. The van der Waals surface area contributed by atoms with Crippen LogP contribution in [0.2, 0.25) is 0 Å². The number of anilines is 3. The van der Waals surface area contributed by atoms with Crippen LogP contribution in [-0.2, 0) is 14.5 Å². The zero-order valence-corrected chi connectivity index (χ0v) is 9.08. The molecular formula is C7H14N6O3. The molecule has 0 radical (unpaired) electrons. The van der Waals surface area contributed by atoms with Gasteiger partial charge in [0.25, 0.3) is 5.95 Å². The van der Waals surface area contributed by atoms with Gasteiger partial charge in [-0.25, -0.2) is 9.68 Å². The molecule has 16 heavy (non-hydrogen) atoms. The van der Waals surface area contributed by atoms with E-state index < -0.39 is 0 Å². The summed E-state index contributed by atoms with van der Waals surface area (Å²) in [4.78, 5) is 29.0. The summed E-state index contributed by atoms with van der Waals surface area (Å²) in [5, 5.41) is 1.01. The topological polar surface area (TPSA) is 129 Å². The third-order valence-electron chi connectivity index (χ3n) is 1.23. The summed E-state index contributed by atoms with van der Waals surface area (Å²) in [5.41, 5.74) is 10.7. The number of hydrogen-bond acceptors (Lipinski definition) is 9. The quantitative estimate of drug-likeness (QED) is 0.636. The lowest BCUT2D eigenvalue weighted by Crippen LogP contribution is -2.25. The molecule has 0 amide bonds. The van der Waals surface area contributed by atoms with E-state index in [4.69, 9.17) is 25.9 Å². The predicted octanol–water partition coefficient (Wildman–Crippen LogP) is -0.830. The average Bonchev–Trinajstić information content (AvgIpc) is 2.27. The Bertz CT molecular complexity index is 303. The molecule has 0 bridgehead atoms. The maximum atomic E-state index is 8.00. The Kier molecular flexibility index (Phi) is 6.40. The maximum Gasteiger partial charge on any atom is 0.284 e. The molecule has 0 aliphatic rings. The zero-order chi connectivity index (χ0) is 12.6. The minimum atomic E-state index is 0.00857. The van der Waals surface area contributed by atoms with E-state index in [0.29, 0.717) is 6.61 Å². The summed E-state index contributed by atoms with van der Waals surface area (Å²) in [6.07, 6.45) is 0. The molecule has 1 aromatic rings. The highest BCUT2D eigenvalue weighted by molar-refractivity contribution is 5.35. The lowest BCUT2D eigenvalue weighted by molar-refractivity contribution is -0.0980. The second-order valence-corrected chi connectivity index (χ2v) is 2.21. The highest BCUT2D eigenvalue weighted by atomic mass is 16.9. The number of aromatic nitrogens is 3. The fraction of sp³-hybridized carbons (Fsp3) is 0.429. The van der Waals surface area contributed by atoms with Crippen molar-refractivity contribution >= 4 is 24.6 Å². The van der Waals surface area contributed by atoms with Gasteiger partial charge in [-0.15, -0.1) is 0 Å². The highest BCUT2D eigenvalue weighted by Gasteiger charge is 2.11. The number of carbonyl (C=O) groups is 1. The van der Waals surface area contributed by atoms with Crippen molar-refractivity contribution in [2.24, 2.45) is 0 Å². The van der Waals surface area contributed by atoms with Crippen LogP contribution in [0.25, 0.3) is 0 Å². The molecule has 0 atom stereocenters. The van der Waals surface area contributed by atoms with E-state index in [-0.39, 0.29) is 17.8 Å². The molecular weight excluding hydrogens is 216 g/mol. The summed E-state index contributed by atoms with van der Waals surface area (Å²) >= 11 is 0. The van der Waals surface area contributed by atoms with Gasteiger partial charge in [-0.3, -0.25) is 0 Å². The van der Waals surface area contributed by atoms with Crippen molar-refractivity contribution in [1.29, 1.82) is 0 Å². The van der Waals surface area contributed by atoms with Crippen molar-refractivity contribution in [3.63, 3.8) is 0 Å². The van der Waals surface area contributed by atoms with E-state index in [0.717, 1.165) is 5.23 Å². The Morgan fingerprint density at radius 1 is 1.25 bits per heavy atom.